The minimum Gasteiger partial charge on any atom is -0.384 e. The molecule has 3 nitrogen and oxygen atoms in total. The van der Waals surface area contributed by atoms with Crippen molar-refractivity contribution in [1.82, 2.24) is 4.90 Å². The Kier molecular flexibility index (Phi) is 5.81. The van der Waals surface area contributed by atoms with Gasteiger partial charge in [0, 0.05) is 36.7 Å². The molecule has 2 aromatic rings. The molecule has 0 heterocycles. The summed E-state index contributed by atoms with van der Waals surface area (Å²) in [7, 11) is 1.84. The maximum Gasteiger partial charge on any atom is 0.224 e. The first kappa shape index (κ1) is 15.6. The van der Waals surface area contributed by atoms with E-state index in [1.165, 1.54) is 0 Å². The molecule has 0 aliphatic heterocycles. The van der Waals surface area contributed by atoms with E-state index in [2.05, 4.69) is 21.2 Å². The average Bonchev–Trinajstić information content (AvgIpc) is 2.50. The van der Waals surface area contributed by atoms with Gasteiger partial charge in [0.25, 0.3) is 0 Å². The Morgan fingerprint density at radius 3 is 2.48 bits per heavy atom. The highest BCUT2D eigenvalue weighted by Crippen LogP contribution is 2.20. The molecule has 1 N–H and O–H groups in total. The number of nitrogens with zero attached hydrogens (tertiary/aromatic N) is 1. The standard InChI is InChI=1S/C17H19BrN2O/c1-20(13-14-7-3-2-4-8-14)17(21)11-12-19-16-10-6-5-9-15(16)18/h2-10,19H,11-13H2,1H3. The van der Waals surface area contributed by atoms with Crippen LogP contribution in [0, 0.1) is 0 Å². The maximum atomic E-state index is 12.1. The molecule has 0 radical (unpaired) electrons. The van der Waals surface area contributed by atoms with Crippen LogP contribution in [0.5, 0.6) is 0 Å². The van der Waals surface area contributed by atoms with Gasteiger partial charge in [0.1, 0.15) is 0 Å². The van der Waals surface area contributed by atoms with Crippen LogP contribution in [0.15, 0.2) is 59.1 Å². The number of rotatable bonds is 6. The summed E-state index contributed by atoms with van der Waals surface area (Å²) in [4.78, 5) is 13.9. The number of carbonyl (C=O) groups is 1. The van der Waals surface area contributed by atoms with E-state index in [1.807, 2.05) is 61.6 Å². The Morgan fingerprint density at radius 1 is 1.10 bits per heavy atom. The fourth-order valence-electron chi connectivity index (χ4n) is 2.04. The van der Waals surface area contributed by atoms with Gasteiger partial charge in [-0.15, -0.1) is 0 Å². The van der Waals surface area contributed by atoms with E-state index < -0.39 is 0 Å². The third-order valence-corrected chi connectivity index (χ3v) is 3.91. The zero-order chi connectivity index (χ0) is 15.1. The van der Waals surface area contributed by atoms with Crippen molar-refractivity contribution >= 4 is 27.5 Å². The summed E-state index contributed by atoms with van der Waals surface area (Å²) in [5.41, 5.74) is 2.16. The lowest BCUT2D eigenvalue weighted by atomic mass is 10.2. The minimum absolute atomic E-state index is 0.137. The molecule has 110 valence electrons. The molecule has 1 amide bonds. The average molecular weight is 347 g/mol. The van der Waals surface area contributed by atoms with E-state index in [0.717, 1.165) is 15.7 Å². The van der Waals surface area contributed by atoms with E-state index in [9.17, 15) is 4.79 Å². The van der Waals surface area contributed by atoms with Crippen LogP contribution in [0.2, 0.25) is 0 Å². The first-order chi connectivity index (χ1) is 10.2. The second-order valence-electron chi connectivity index (χ2n) is 4.89. The molecule has 2 aromatic carbocycles. The number of para-hydroxylation sites is 1. The molecule has 0 aliphatic carbocycles. The Balaban J connectivity index is 1.78. The molecular formula is C17H19BrN2O. The molecule has 0 spiro atoms. The van der Waals surface area contributed by atoms with Gasteiger partial charge < -0.3 is 10.2 Å². The lowest BCUT2D eigenvalue weighted by Gasteiger charge is -2.17. The molecule has 0 fully saturated rings. The van der Waals surface area contributed by atoms with Gasteiger partial charge in [0.15, 0.2) is 0 Å². The van der Waals surface area contributed by atoms with Crippen molar-refractivity contribution in [3.05, 3.63) is 64.6 Å². The molecule has 0 bridgehead atoms. The van der Waals surface area contributed by atoms with Gasteiger partial charge in [-0.3, -0.25) is 4.79 Å². The van der Waals surface area contributed by atoms with Crippen molar-refractivity contribution in [3.63, 3.8) is 0 Å². The van der Waals surface area contributed by atoms with Gasteiger partial charge in [0.2, 0.25) is 5.91 Å². The topological polar surface area (TPSA) is 32.3 Å². The predicted molar refractivity (Wildman–Crippen MR) is 90.2 cm³/mol. The van der Waals surface area contributed by atoms with Crippen LogP contribution in [0.1, 0.15) is 12.0 Å². The molecule has 0 unspecified atom stereocenters. The zero-order valence-electron chi connectivity index (χ0n) is 12.1. The summed E-state index contributed by atoms with van der Waals surface area (Å²) in [6.07, 6.45) is 0.477. The largest absolute Gasteiger partial charge is 0.384 e. The summed E-state index contributed by atoms with van der Waals surface area (Å²) in [5.74, 6) is 0.137. The number of benzene rings is 2. The first-order valence-corrected chi connectivity index (χ1v) is 7.72. The fourth-order valence-corrected chi connectivity index (χ4v) is 2.47. The highest BCUT2D eigenvalue weighted by Gasteiger charge is 2.09. The van der Waals surface area contributed by atoms with Crippen molar-refractivity contribution in [2.75, 3.05) is 18.9 Å². The number of amides is 1. The Morgan fingerprint density at radius 2 is 1.76 bits per heavy atom. The first-order valence-electron chi connectivity index (χ1n) is 6.93. The number of anilines is 1. The van der Waals surface area contributed by atoms with Crippen molar-refractivity contribution < 1.29 is 4.79 Å². The van der Waals surface area contributed by atoms with Crippen LogP contribution in [0.3, 0.4) is 0 Å². The van der Waals surface area contributed by atoms with Crippen molar-refractivity contribution in [2.45, 2.75) is 13.0 Å². The number of hydrogen-bond acceptors (Lipinski definition) is 2. The van der Waals surface area contributed by atoms with Gasteiger partial charge in [-0.2, -0.15) is 0 Å². The van der Waals surface area contributed by atoms with Crippen LogP contribution in [-0.4, -0.2) is 24.4 Å². The smallest absolute Gasteiger partial charge is 0.224 e. The lowest BCUT2D eigenvalue weighted by molar-refractivity contribution is -0.130. The number of halogens is 1. The second-order valence-corrected chi connectivity index (χ2v) is 5.75. The van der Waals surface area contributed by atoms with Crippen molar-refractivity contribution in [3.8, 4) is 0 Å². The highest BCUT2D eigenvalue weighted by atomic mass is 79.9. The van der Waals surface area contributed by atoms with Gasteiger partial charge in [-0.05, 0) is 33.6 Å². The molecule has 0 saturated heterocycles. The van der Waals surface area contributed by atoms with Crippen molar-refractivity contribution in [2.24, 2.45) is 0 Å². The van der Waals surface area contributed by atoms with Crippen LogP contribution >= 0.6 is 15.9 Å². The fraction of sp³-hybridized carbons (Fsp3) is 0.235. The monoisotopic (exact) mass is 346 g/mol. The molecule has 0 saturated carbocycles. The zero-order valence-corrected chi connectivity index (χ0v) is 13.6. The lowest BCUT2D eigenvalue weighted by Crippen LogP contribution is -2.27. The number of hydrogen-bond donors (Lipinski definition) is 1. The minimum atomic E-state index is 0.137. The van der Waals surface area contributed by atoms with Crippen LogP contribution < -0.4 is 5.32 Å². The Hall–Kier alpha value is -1.81. The van der Waals surface area contributed by atoms with Crippen molar-refractivity contribution in [1.29, 1.82) is 0 Å². The molecular weight excluding hydrogens is 328 g/mol. The normalized spacial score (nSPS) is 10.2. The summed E-state index contributed by atoms with van der Waals surface area (Å²) in [6, 6.07) is 17.9. The van der Waals surface area contributed by atoms with E-state index in [4.69, 9.17) is 0 Å². The Labute approximate surface area is 134 Å². The van der Waals surface area contributed by atoms with Gasteiger partial charge in [-0.1, -0.05) is 42.5 Å². The summed E-state index contributed by atoms with van der Waals surface area (Å²) >= 11 is 3.48. The molecule has 21 heavy (non-hydrogen) atoms. The molecule has 0 aromatic heterocycles. The van der Waals surface area contributed by atoms with Gasteiger partial charge >= 0.3 is 0 Å². The summed E-state index contributed by atoms with van der Waals surface area (Å²) in [5, 5.41) is 3.27. The van der Waals surface area contributed by atoms with Gasteiger partial charge in [0.05, 0.1) is 0 Å². The number of carbonyl (C=O) groups excluding carboxylic acids is 1. The SMILES string of the molecule is CN(Cc1ccccc1)C(=O)CCNc1ccccc1Br. The second kappa shape index (κ2) is 7.84. The number of nitrogens with one attached hydrogen (secondary N) is 1. The van der Waals surface area contributed by atoms with Gasteiger partial charge in [-0.25, -0.2) is 0 Å². The van der Waals surface area contributed by atoms with Crippen LogP contribution in [0.25, 0.3) is 0 Å². The maximum absolute atomic E-state index is 12.1. The Bertz CT molecular complexity index is 586. The summed E-state index contributed by atoms with van der Waals surface area (Å²) < 4.78 is 1.01. The molecule has 4 heteroatoms. The quantitative estimate of drug-likeness (QED) is 0.859. The van der Waals surface area contributed by atoms with Crippen LogP contribution in [0.4, 0.5) is 5.69 Å². The molecule has 2 rings (SSSR count). The van der Waals surface area contributed by atoms with E-state index in [0.29, 0.717) is 19.5 Å². The molecule has 0 aliphatic rings. The highest BCUT2D eigenvalue weighted by molar-refractivity contribution is 9.10. The van der Waals surface area contributed by atoms with E-state index in [1.54, 1.807) is 4.90 Å². The third kappa shape index (κ3) is 4.90. The molecule has 0 atom stereocenters. The summed E-state index contributed by atoms with van der Waals surface area (Å²) in [6.45, 7) is 1.27. The van der Waals surface area contributed by atoms with Crippen LogP contribution in [-0.2, 0) is 11.3 Å². The third-order valence-electron chi connectivity index (χ3n) is 3.22. The predicted octanol–water partition coefficient (Wildman–Crippen LogP) is 3.91. The van der Waals surface area contributed by atoms with E-state index in [-0.39, 0.29) is 5.91 Å². The van der Waals surface area contributed by atoms with E-state index >= 15 is 0 Å².